The first-order chi connectivity index (χ1) is 9.65. The average molecular weight is 290 g/mol. The maximum atomic E-state index is 5.81. The Kier molecular flexibility index (Phi) is 5.56. The molecular formula is C16H22N2OS. The monoisotopic (exact) mass is 290 g/mol. The summed E-state index contributed by atoms with van der Waals surface area (Å²) in [5.41, 5.74) is 2.25. The van der Waals surface area contributed by atoms with Crippen LogP contribution in [0.5, 0.6) is 5.75 Å². The van der Waals surface area contributed by atoms with Crippen molar-refractivity contribution < 1.29 is 4.74 Å². The number of hydrogen-bond acceptors (Lipinski definition) is 4. The Hall–Kier alpha value is -1.39. The first-order valence-corrected chi connectivity index (χ1v) is 7.85. The average Bonchev–Trinajstić information content (AvgIpc) is 2.85. The maximum absolute atomic E-state index is 5.81. The minimum atomic E-state index is 0.541. The topological polar surface area (TPSA) is 34.1 Å². The fourth-order valence-corrected chi connectivity index (χ4v) is 2.55. The summed E-state index contributed by atoms with van der Waals surface area (Å²) in [4.78, 5) is 4.58. The molecule has 0 fully saturated rings. The molecule has 0 aliphatic rings. The zero-order valence-corrected chi connectivity index (χ0v) is 13.2. The third-order valence-electron chi connectivity index (χ3n) is 2.90. The van der Waals surface area contributed by atoms with Crippen molar-refractivity contribution in [3.8, 4) is 5.75 Å². The van der Waals surface area contributed by atoms with Gasteiger partial charge in [-0.15, -0.1) is 11.3 Å². The Morgan fingerprint density at radius 2 is 2.10 bits per heavy atom. The van der Waals surface area contributed by atoms with E-state index in [4.69, 9.17) is 4.74 Å². The lowest BCUT2D eigenvalue weighted by Gasteiger charge is -2.07. The second kappa shape index (κ2) is 7.41. The van der Waals surface area contributed by atoms with Crippen LogP contribution in [0.15, 0.2) is 29.6 Å². The highest BCUT2D eigenvalue weighted by molar-refractivity contribution is 7.09. The second-order valence-corrected chi connectivity index (χ2v) is 6.25. The van der Waals surface area contributed by atoms with E-state index in [-0.39, 0.29) is 0 Å². The van der Waals surface area contributed by atoms with Crippen molar-refractivity contribution in [1.29, 1.82) is 0 Å². The molecule has 1 N–H and O–H groups in total. The summed E-state index contributed by atoms with van der Waals surface area (Å²) in [6.07, 6.45) is 0. The molecule has 1 aromatic carbocycles. The van der Waals surface area contributed by atoms with Gasteiger partial charge in [-0.05, 0) is 31.0 Å². The van der Waals surface area contributed by atoms with Crippen LogP contribution in [-0.4, -0.2) is 11.5 Å². The molecule has 20 heavy (non-hydrogen) atoms. The van der Waals surface area contributed by atoms with Crippen LogP contribution < -0.4 is 10.1 Å². The molecule has 0 unspecified atom stereocenters. The molecule has 108 valence electrons. The minimum absolute atomic E-state index is 0.541. The number of aryl methyl sites for hydroxylation is 1. The number of aromatic nitrogens is 1. The van der Waals surface area contributed by atoms with Crippen molar-refractivity contribution in [3.05, 3.63) is 45.9 Å². The first kappa shape index (κ1) is 15.0. The normalized spacial score (nSPS) is 11.0. The van der Waals surface area contributed by atoms with Gasteiger partial charge >= 0.3 is 0 Å². The van der Waals surface area contributed by atoms with Gasteiger partial charge in [0.05, 0.1) is 5.69 Å². The van der Waals surface area contributed by atoms with Crippen LogP contribution in [0.3, 0.4) is 0 Å². The van der Waals surface area contributed by atoms with Crippen molar-refractivity contribution in [2.24, 2.45) is 5.92 Å². The zero-order chi connectivity index (χ0) is 14.4. The first-order valence-electron chi connectivity index (χ1n) is 6.97. The molecule has 4 heteroatoms. The van der Waals surface area contributed by atoms with E-state index in [1.165, 1.54) is 0 Å². The number of nitrogens with one attached hydrogen (secondary N) is 1. The van der Waals surface area contributed by atoms with Crippen LogP contribution in [-0.2, 0) is 13.2 Å². The number of hydrogen-bond donors (Lipinski definition) is 1. The van der Waals surface area contributed by atoms with Crippen LogP contribution in [0.25, 0.3) is 0 Å². The minimum Gasteiger partial charge on any atom is -0.486 e. The van der Waals surface area contributed by atoms with E-state index in [1.807, 2.05) is 18.2 Å². The third-order valence-corrected chi connectivity index (χ3v) is 3.77. The number of ether oxygens (including phenoxy) is 1. The molecule has 3 nitrogen and oxygen atoms in total. The summed E-state index contributed by atoms with van der Waals surface area (Å²) in [7, 11) is 0. The smallest absolute Gasteiger partial charge is 0.140 e. The molecule has 1 aromatic heterocycles. The molecule has 0 radical (unpaired) electrons. The van der Waals surface area contributed by atoms with Gasteiger partial charge < -0.3 is 10.1 Å². The van der Waals surface area contributed by atoms with E-state index < -0.39 is 0 Å². The Labute approximate surface area is 125 Å². The van der Waals surface area contributed by atoms with E-state index in [0.29, 0.717) is 12.5 Å². The van der Waals surface area contributed by atoms with Gasteiger partial charge in [0, 0.05) is 11.9 Å². The summed E-state index contributed by atoms with van der Waals surface area (Å²) in [6, 6.07) is 8.06. The number of rotatable bonds is 7. The fourth-order valence-electron chi connectivity index (χ4n) is 1.84. The van der Waals surface area contributed by atoms with Crippen molar-refractivity contribution in [1.82, 2.24) is 10.3 Å². The predicted octanol–water partition coefficient (Wildman–Crippen LogP) is 3.78. The largest absolute Gasteiger partial charge is 0.486 e. The van der Waals surface area contributed by atoms with Crippen LogP contribution in [0.2, 0.25) is 0 Å². The SMILES string of the molecule is Cc1ccccc1OCc1nc(CNCC(C)C)cs1. The molecule has 1 heterocycles. The van der Waals surface area contributed by atoms with E-state index in [2.05, 4.69) is 42.5 Å². The molecule has 0 aliphatic heterocycles. The van der Waals surface area contributed by atoms with E-state index in [9.17, 15) is 0 Å². The molecule has 0 spiro atoms. The van der Waals surface area contributed by atoms with Gasteiger partial charge in [0.25, 0.3) is 0 Å². The van der Waals surface area contributed by atoms with Crippen LogP contribution in [0, 0.1) is 12.8 Å². The highest BCUT2D eigenvalue weighted by atomic mass is 32.1. The summed E-state index contributed by atoms with van der Waals surface area (Å²) < 4.78 is 5.81. The molecular weight excluding hydrogens is 268 g/mol. The molecule has 0 aliphatic carbocycles. The van der Waals surface area contributed by atoms with Crippen molar-refractivity contribution in [2.45, 2.75) is 33.9 Å². The van der Waals surface area contributed by atoms with Crippen molar-refractivity contribution in [3.63, 3.8) is 0 Å². The van der Waals surface area contributed by atoms with Crippen LogP contribution in [0.4, 0.5) is 0 Å². The Morgan fingerprint density at radius 3 is 2.85 bits per heavy atom. The lowest BCUT2D eigenvalue weighted by molar-refractivity contribution is 0.303. The summed E-state index contributed by atoms with van der Waals surface area (Å²) in [6.45, 7) is 8.86. The van der Waals surface area contributed by atoms with Gasteiger partial charge in [0.1, 0.15) is 17.4 Å². The zero-order valence-electron chi connectivity index (χ0n) is 12.3. The van der Waals surface area contributed by atoms with Gasteiger partial charge in [-0.25, -0.2) is 4.98 Å². The van der Waals surface area contributed by atoms with E-state index in [0.717, 1.165) is 35.1 Å². The predicted molar refractivity (Wildman–Crippen MR) is 84.2 cm³/mol. The van der Waals surface area contributed by atoms with E-state index in [1.54, 1.807) is 11.3 Å². The number of thiazole rings is 1. The molecule has 0 saturated heterocycles. The van der Waals surface area contributed by atoms with Crippen LogP contribution in [0.1, 0.15) is 30.1 Å². The Balaban J connectivity index is 1.82. The quantitative estimate of drug-likeness (QED) is 0.842. The fraction of sp³-hybridized carbons (Fsp3) is 0.438. The maximum Gasteiger partial charge on any atom is 0.140 e. The Morgan fingerprint density at radius 1 is 1.30 bits per heavy atom. The standard InChI is InChI=1S/C16H22N2OS/c1-12(2)8-17-9-14-11-20-16(18-14)10-19-15-7-5-4-6-13(15)3/h4-7,11-12,17H,8-10H2,1-3H3. The molecule has 0 atom stereocenters. The highest BCUT2D eigenvalue weighted by Gasteiger charge is 2.04. The second-order valence-electron chi connectivity index (χ2n) is 5.31. The van der Waals surface area contributed by atoms with Crippen molar-refractivity contribution >= 4 is 11.3 Å². The highest BCUT2D eigenvalue weighted by Crippen LogP contribution is 2.19. The van der Waals surface area contributed by atoms with Crippen LogP contribution >= 0.6 is 11.3 Å². The molecule has 0 amide bonds. The van der Waals surface area contributed by atoms with E-state index >= 15 is 0 Å². The summed E-state index contributed by atoms with van der Waals surface area (Å²) >= 11 is 1.66. The molecule has 0 bridgehead atoms. The van der Waals surface area contributed by atoms with Gasteiger partial charge in [-0.3, -0.25) is 0 Å². The Bertz CT molecular complexity index is 537. The van der Waals surface area contributed by atoms with Gasteiger partial charge in [0.15, 0.2) is 0 Å². The lowest BCUT2D eigenvalue weighted by Crippen LogP contribution is -2.19. The van der Waals surface area contributed by atoms with Gasteiger partial charge in [-0.2, -0.15) is 0 Å². The third kappa shape index (κ3) is 4.62. The number of nitrogens with zero attached hydrogens (tertiary/aromatic N) is 1. The number of benzene rings is 1. The lowest BCUT2D eigenvalue weighted by atomic mass is 10.2. The molecule has 0 saturated carbocycles. The summed E-state index contributed by atoms with van der Waals surface area (Å²) in [5, 5.41) is 6.52. The molecule has 2 aromatic rings. The molecule has 2 rings (SSSR count). The van der Waals surface area contributed by atoms with Crippen molar-refractivity contribution in [2.75, 3.05) is 6.54 Å². The summed E-state index contributed by atoms with van der Waals surface area (Å²) in [5.74, 6) is 1.60. The van der Waals surface area contributed by atoms with Gasteiger partial charge in [0.2, 0.25) is 0 Å². The van der Waals surface area contributed by atoms with Gasteiger partial charge in [-0.1, -0.05) is 32.0 Å². The number of para-hydroxylation sites is 1.